The maximum absolute atomic E-state index is 13.7. The van der Waals surface area contributed by atoms with Crippen LogP contribution in [0.4, 0.5) is 4.39 Å². The number of rotatable bonds is 4. The average Bonchev–Trinajstić information content (AvgIpc) is 2.44. The highest BCUT2D eigenvalue weighted by atomic mass is 19.1. The molecule has 4 nitrogen and oxygen atoms in total. The molecule has 0 aliphatic carbocycles. The van der Waals surface area contributed by atoms with Gasteiger partial charge in [-0.25, -0.2) is 9.18 Å². The van der Waals surface area contributed by atoms with E-state index in [1.807, 2.05) is 0 Å². The third-order valence-corrected chi connectivity index (χ3v) is 3.33. The van der Waals surface area contributed by atoms with Crippen molar-refractivity contribution in [2.45, 2.75) is 19.9 Å². The van der Waals surface area contributed by atoms with Crippen LogP contribution in [-0.4, -0.2) is 23.0 Å². The lowest BCUT2D eigenvalue weighted by Gasteiger charge is -2.18. The fraction of sp³-hybridized carbons (Fsp3) is 0.250. The van der Waals surface area contributed by atoms with Gasteiger partial charge in [-0.05, 0) is 23.4 Å². The van der Waals surface area contributed by atoms with Crippen molar-refractivity contribution in [2.75, 3.05) is 0 Å². The van der Waals surface area contributed by atoms with Crippen LogP contribution < -0.4 is 5.32 Å². The largest absolute Gasteiger partial charge is 0.480 e. The molecule has 0 saturated heterocycles. The number of aliphatic carboxylic acids is 1. The van der Waals surface area contributed by atoms with Gasteiger partial charge >= 0.3 is 5.97 Å². The van der Waals surface area contributed by atoms with Gasteiger partial charge in [-0.1, -0.05) is 38.1 Å². The van der Waals surface area contributed by atoms with Gasteiger partial charge in [-0.3, -0.25) is 4.79 Å². The molecule has 0 heterocycles. The molecule has 1 amide bonds. The fourth-order valence-electron chi connectivity index (χ4n) is 2.19. The zero-order chi connectivity index (χ0) is 15.6. The third-order valence-electron chi connectivity index (χ3n) is 3.33. The van der Waals surface area contributed by atoms with Gasteiger partial charge in [0.25, 0.3) is 5.91 Å². The summed E-state index contributed by atoms with van der Waals surface area (Å²) in [5.74, 6) is -2.28. The quantitative estimate of drug-likeness (QED) is 0.909. The highest BCUT2D eigenvalue weighted by molar-refractivity contribution is 6.08. The second kappa shape index (κ2) is 5.91. The van der Waals surface area contributed by atoms with Crippen LogP contribution in [0, 0.1) is 11.7 Å². The van der Waals surface area contributed by atoms with Gasteiger partial charge in [0.1, 0.15) is 11.9 Å². The summed E-state index contributed by atoms with van der Waals surface area (Å²) >= 11 is 0. The Labute approximate surface area is 121 Å². The normalized spacial score (nSPS) is 12.4. The van der Waals surface area contributed by atoms with E-state index in [4.69, 9.17) is 5.11 Å². The molecule has 0 aliphatic rings. The van der Waals surface area contributed by atoms with E-state index >= 15 is 0 Å². The van der Waals surface area contributed by atoms with Crippen LogP contribution in [-0.2, 0) is 4.79 Å². The average molecular weight is 289 g/mol. The van der Waals surface area contributed by atoms with E-state index in [0.29, 0.717) is 10.8 Å². The Morgan fingerprint density at radius 1 is 1.10 bits per heavy atom. The molecule has 21 heavy (non-hydrogen) atoms. The number of fused-ring (bicyclic) bond motifs is 1. The predicted molar refractivity (Wildman–Crippen MR) is 77.6 cm³/mol. The Balaban J connectivity index is 2.40. The van der Waals surface area contributed by atoms with Gasteiger partial charge in [-0.15, -0.1) is 0 Å². The van der Waals surface area contributed by atoms with Crippen molar-refractivity contribution >= 4 is 22.6 Å². The van der Waals surface area contributed by atoms with E-state index in [-0.39, 0.29) is 11.5 Å². The van der Waals surface area contributed by atoms with E-state index in [1.54, 1.807) is 38.1 Å². The van der Waals surface area contributed by atoms with Crippen LogP contribution >= 0.6 is 0 Å². The minimum Gasteiger partial charge on any atom is -0.480 e. The van der Waals surface area contributed by atoms with Gasteiger partial charge in [0.05, 0.1) is 0 Å². The molecule has 0 radical (unpaired) electrons. The molecule has 2 aromatic rings. The molecule has 0 unspecified atom stereocenters. The SMILES string of the molecule is CC(C)[C@@H](NC(=O)c1ccc(F)c2ccccc12)C(=O)O. The zero-order valence-corrected chi connectivity index (χ0v) is 11.8. The van der Waals surface area contributed by atoms with E-state index in [2.05, 4.69) is 5.32 Å². The van der Waals surface area contributed by atoms with E-state index in [1.165, 1.54) is 12.1 Å². The molecular formula is C16H16FNO3. The summed E-state index contributed by atoms with van der Waals surface area (Å²) < 4.78 is 13.7. The Bertz CT molecular complexity index is 697. The van der Waals surface area contributed by atoms with Crippen molar-refractivity contribution in [3.05, 3.63) is 47.8 Å². The van der Waals surface area contributed by atoms with Gasteiger partial charge in [0, 0.05) is 10.9 Å². The lowest BCUT2D eigenvalue weighted by atomic mass is 10.0. The van der Waals surface area contributed by atoms with Crippen molar-refractivity contribution in [3.63, 3.8) is 0 Å². The molecule has 0 aromatic heterocycles. The highest BCUT2D eigenvalue weighted by Gasteiger charge is 2.24. The second-order valence-corrected chi connectivity index (χ2v) is 5.17. The first-order valence-corrected chi connectivity index (χ1v) is 6.62. The summed E-state index contributed by atoms with van der Waals surface area (Å²) in [6.07, 6.45) is 0. The number of carbonyl (C=O) groups excluding carboxylic acids is 1. The zero-order valence-electron chi connectivity index (χ0n) is 11.8. The lowest BCUT2D eigenvalue weighted by Crippen LogP contribution is -2.44. The molecule has 2 N–H and O–H groups in total. The first kappa shape index (κ1) is 15.0. The molecule has 5 heteroatoms. The maximum Gasteiger partial charge on any atom is 0.326 e. The van der Waals surface area contributed by atoms with Gasteiger partial charge in [0.2, 0.25) is 0 Å². The molecule has 2 rings (SSSR count). The summed E-state index contributed by atoms with van der Waals surface area (Å²) in [6.45, 7) is 3.42. The summed E-state index contributed by atoms with van der Waals surface area (Å²) in [4.78, 5) is 23.4. The maximum atomic E-state index is 13.7. The van der Waals surface area contributed by atoms with Crippen LogP contribution in [0.3, 0.4) is 0 Å². The topological polar surface area (TPSA) is 66.4 Å². The van der Waals surface area contributed by atoms with Crippen LogP contribution in [0.2, 0.25) is 0 Å². The first-order chi connectivity index (χ1) is 9.91. The standard InChI is InChI=1S/C16H16FNO3/c1-9(2)14(16(20)21)18-15(19)12-7-8-13(17)11-6-4-3-5-10(11)12/h3-9,14H,1-2H3,(H,18,19)(H,20,21)/t14-/m1/s1. The Kier molecular flexibility index (Phi) is 4.21. The second-order valence-electron chi connectivity index (χ2n) is 5.17. The Morgan fingerprint density at radius 2 is 1.71 bits per heavy atom. The number of nitrogens with one attached hydrogen (secondary N) is 1. The first-order valence-electron chi connectivity index (χ1n) is 6.62. The van der Waals surface area contributed by atoms with Gasteiger partial charge in [0.15, 0.2) is 0 Å². The molecule has 0 fully saturated rings. The van der Waals surface area contributed by atoms with Gasteiger partial charge < -0.3 is 10.4 Å². The fourth-order valence-corrected chi connectivity index (χ4v) is 2.19. The predicted octanol–water partition coefficient (Wildman–Crippen LogP) is 2.82. The van der Waals surface area contributed by atoms with Crippen LogP contribution in [0.1, 0.15) is 24.2 Å². The number of carbonyl (C=O) groups is 2. The van der Waals surface area contributed by atoms with E-state index in [0.717, 1.165) is 0 Å². The van der Waals surface area contributed by atoms with Crippen molar-refractivity contribution in [3.8, 4) is 0 Å². The molecule has 0 saturated carbocycles. The van der Waals surface area contributed by atoms with Crippen molar-refractivity contribution in [1.82, 2.24) is 5.32 Å². The minimum absolute atomic E-state index is 0.252. The molecule has 0 bridgehead atoms. The molecular weight excluding hydrogens is 273 g/mol. The number of carboxylic acids is 1. The molecule has 110 valence electrons. The van der Waals surface area contributed by atoms with E-state index in [9.17, 15) is 14.0 Å². The molecule has 0 spiro atoms. The number of halogens is 1. The number of benzene rings is 2. The van der Waals surface area contributed by atoms with Crippen LogP contribution in [0.25, 0.3) is 10.8 Å². The van der Waals surface area contributed by atoms with Crippen molar-refractivity contribution < 1.29 is 19.1 Å². The summed E-state index contributed by atoms with van der Waals surface area (Å²) in [5, 5.41) is 12.4. The number of hydrogen-bond donors (Lipinski definition) is 2. The number of amides is 1. The van der Waals surface area contributed by atoms with Gasteiger partial charge in [-0.2, -0.15) is 0 Å². The minimum atomic E-state index is -1.09. The Morgan fingerprint density at radius 3 is 2.29 bits per heavy atom. The highest BCUT2D eigenvalue weighted by Crippen LogP contribution is 2.22. The molecule has 2 aromatic carbocycles. The van der Waals surface area contributed by atoms with Crippen molar-refractivity contribution in [2.24, 2.45) is 5.92 Å². The summed E-state index contributed by atoms with van der Waals surface area (Å²) in [7, 11) is 0. The number of hydrogen-bond acceptors (Lipinski definition) is 2. The van der Waals surface area contributed by atoms with Crippen LogP contribution in [0.15, 0.2) is 36.4 Å². The number of carboxylic acid groups (broad SMARTS) is 1. The van der Waals surface area contributed by atoms with E-state index < -0.39 is 23.7 Å². The Hall–Kier alpha value is -2.43. The monoisotopic (exact) mass is 289 g/mol. The smallest absolute Gasteiger partial charge is 0.326 e. The van der Waals surface area contributed by atoms with Crippen LogP contribution in [0.5, 0.6) is 0 Å². The summed E-state index contributed by atoms with van der Waals surface area (Å²) in [6, 6.07) is 8.20. The third kappa shape index (κ3) is 3.02. The summed E-state index contributed by atoms with van der Waals surface area (Å²) in [5.41, 5.74) is 0.263. The lowest BCUT2D eigenvalue weighted by molar-refractivity contribution is -0.140. The molecule has 1 atom stereocenters. The van der Waals surface area contributed by atoms with Crippen molar-refractivity contribution in [1.29, 1.82) is 0 Å². The molecule has 0 aliphatic heterocycles.